The minimum absolute atomic E-state index is 0.270. The highest BCUT2D eigenvalue weighted by atomic mass is 19.1. The molecule has 5 heteroatoms. The zero-order chi connectivity index (χ0) is 13.6. The summed E-state index contributed by atoms with van der Waals surface area (Å²) in [5.41, 5.74) is 7.98. The van der Waals surface area contributed by atoms with E-state index in [9.17, 15) is 8.78 Å². The monoisotopic (exact) mass is 259 g/mol. The van der Waals surface area contributed by atoms with Crippen LogP contribution in [0.5, 0.6) is 0 Å². The maximum Gasteiger partial charge on any atom is 0.150 e. The van der Waals surface area contributed by atoms with E-state index in [0.717, 1.165) is 11.6 Å². The van der Waals surface area contributed by atoms with Crippen molar-refractivity contribution in [2.24, 2.45) is 0 Å². The number of hydrogen-bond donors (Lipinski definition) is 1. The van der Waals surface area contributed by atoms with Gasteiger partial charge in [-0.1, -0.05) is 0 Å². The van der Waals surface area contributed by atoms with Crippen LogP contribution < -0.4 is 5.73 Å². The van der Waals surface area contributed by atoms with E-state index in [-0.39, 0.29) is 5.69 Å². The number of anilines is 1. The number of benzene rings is 2. The van der Waals surface area contributed by atoms with Crippen molar-refractivity contribution >= 4 is 16.7 Å². The van der Waals surface area contributed by atoms with E-state index >= 15 is 0 Å². The summed E-state index contributed by atoms with van der Waals surface area (Å²) in [5.74, 6) is -0.613. The number of nitrogens with zero attached hydrogens (tertiary/aromatic N) is 2. The fourth-order valence-corrected chi connectivity index (χ4v) is 2.18. The summed E-state index contributed by atoms with van der Waals surface area (Å²) in [7, 11) is 0. The predicted molar refractivity (Wildman–Crippen MR) is 70.1 cm³/mol. The van der Waals surface area contributed by atoms with Gasteiger partial charge in [-0.2, -0.15) is 0 Å². The maximum absolute atomic E-state index is 13.9. The SMILES string of the molecule is Cc1nc2cc(N)ccc2n1-c1ccc(F)cc1F. The summed E-state index contributed by atoms with van der Waals surface area (Å²) in [5, 5.41) is 0. The molecule has 1 aromatic heterocycles. The van der Waals surface area contributed by atoms with Crippen LogP contribution in [0.15, 0.2) is 36.4 Å². The van der Waals surface area contributed by atoms with Crippen molar-refractivity contribution in [2.75, 3.05) is 5.73 Å². The molecule has 0 aliphatic heterocycles. The topological polar surface area (TPSA) is 43.8 Å². The average molecular weight is 259 g/mol. The quantitative estimate of drug-likeness (QED) is 0.682. The molecule has 19 heavy (non-hydrogen) atoms. The van der Waals surface area contributed by atoms with Gasteiger partial charge in [-0.3, -0.25) is 4.57 Å². The molecule has 0 spiro atoms. The van der Waals surface area contributed by atoms with Crippen LogP contribution in [0.2, 0.25) is 0 Å². The number of halogens is 2. The molecule has 0 atom stereocenters. The average Bonchev–Trinajstić information content (AvgIpc) is 2.65. The Morgan fingerprint density at radius 2 is 1.89 bits per heavy atom. The maximum atomic E-state index is 13.9. The lowest BCUT2D eigenvalue weighted by Gasteiger charge is -2.08. The van der Waals surface area contributed by atoms with Crippen LogP contribution in [0.4, 0.5) is 14.5 Å². The number of fused-ring (bicyclic) bond motifs is 1. The third-order valence-electron chi connectivity index (χ3n) is 3.00. The second-order valence-electron chi connectivity index (χ2n) is 4.34. The zero-order valence-electron chi connectivity index (χ0n) is 10.2. The Hall–Kier alpha value is -2.43. The van der Waals surface area contributed by atoms with Gasteiger partial charge in [0, 0.05) is 11.8 Å². The summed E-state index contributed by atoms with van der Waals surface area (Å²) in [6.07, 6.45) is 0. The minimum atomic E-state index is -0.626. The fourth-order valence-electron chi connectivity index (χ4n) is 2.18. The number of aromatic nitrogens is 2. The lowest BCUT2D eigenvalue weighted by atomic mass is 10.2. The van der Waals surface area contributed by atoms with Gasteiger partial charge in [0.25, 0.3) is 0 Å². The first-order chi connectivity index (χ1) is 9.06. The van der Waals surface area contributed by atoms with Gasteiger partial charge in [0.15, 0.2) is 0 Å². The molecular formula is C14H11F2N3. The second kappa shape index (κ2) is 4.05. The number of nitrogens with two attached hydrogens (primary N) is 1. The van der Waals surface area contributed by atoms with Gasteiger partial charge in [-0.05, 0) is 37.3 Å². The number of imidazole rings is 1. The molecule has 3 aromatic rings. The number of hydrogen-bond acceptors (Lipinski definition) is 2. The van der Waals surface area contributed by atoms with Gasteiger partial charge < -0.3 is 5.73 Å². The predicted octanol–water partition coefficient (Wildman–Crippen LogP) is 3.19. The van der Waals surface area contributed by atoms with Crippen molar-refractivity contribution in [1.82, 2.24) is 9.55 Å². The van der Waals surface area contributed by atoms with Crippen LogP contribution >= 0.6 is 0 Å². The molecule has 3 rings (SSSR count). The van der Waals surface area contributed by atoms with Crippen LogP contribution in [0.3, 0.4) is 0 Å². The van der Waals surface area contributed by atoms with Crippen LogP contribution in [-0.4, -0.2) is 9.55 Å². The van der Waals surface area contributed by atoms with Crippen LogP contribution in [-0.2, 0) is 0 Å². The van der Waals surface area contributed by atoms with E-state index in [2.05, 4.69) is 4.98 Å². The Kier molecular flexibility index (Phi) is 2.48. The molecule has 3 nitrogen and oxygen atoms in total. The summed E-state index contributed by atoms with van der Waals surface area (Å²) in [4.78, 5) is 4.34. The van der Waals surface area contributed by atoms with Crippen molar-refractivity contribution in [3.8, 4) is 5.69 Å². The van der Waals surface area contributed by atoms with Crippen LogP contribution in [0.1, 0.15) is 5.82 Å². The highest BCUT2D eigenvalue weighted by Gasteiger charge is 2.13. The van der Waals surface area contributed by atoms with Crippen molar-refractivity contribution in [2.45, 2.75) is 6.92 Å². The van der Waals surface area contributed by atoms with Gasteiger partial charge in [0.05, 0.1) is 16.7 Å². The standard InChI is InChI=1S/C14H11F2N3/c1-8-18-12-7-10(17)3-5-14(12)19(8)13-4-2-9(15)6-11(13)16/h2-7H,17H2,1H3. The first kappa shape index (κ1) is 11.6. The first-order valence-corrected chi connectivity index (χ1v) is 5.76. The molecule has 0 saturated carbocycles. The van der Waals surface area contributed by atoms with Gasteiger partial charge in [-0.25, -0.2) is 13.8 Å². The fraction of sp³-hybridized carbons (Fsp3) is 0.0714. The molecule has 2 N–H and O–H groups in total. The molecule has 0 aliphatic carbocycles. The summed E-state index contributed by atoms with van der Waals surface area (Å²) in [6.45, 7) is 1.76. The van der Waals surface area contributed by atoms with Gasteiger partial charge >= 0.3 is 0 Å². The molecule has 1 heterocycles. The van der Waals surface area contributed by atoms with E-state index in [0.29, 0.717) is 17.0 Å². The Bertz CT molecular complexity index is 778. The van der Waals surface area contributed by atoms with Gasteiger partial charge in [0.2, 0.25) is 0 Å². The zero-order valence-corrected chi connectivity index (χ0v) is 10.2. The first-order valence-electron chi connectivity index (χ1n) is 5.76. The number of aryl methyl sites for hydroxylation is 1. The van der Waals surface area contributed by atoms with Crippen LogP contribution in [0.25, 0.3) is 16.7 Å². The third-order valence-corrected chi connectivity index (χ3v) is 3.00. The van der Waals surface area contributed by atoms with E-state index in [1.165, 1.54) is 12.1 Å². The van der Waals surface area contributed by atoms with E-state index in [4.69, 9.17) is 5.73 Å². The minimum Gasteiger partial charge on any atom is -0.399 e. The molecule has 0 radical (unpaired) electrons. The number of nitrogen functional groups attached to an aromatic ring is 1. The van der Waals surface area contributed by atoms with Crippen molar-refractivity contribution in [1.29, 1.82) is 0 Å². The van der Waals surface area contributed by atoms with E-state index < -0.39 is 11.6 Å². The Labute approximate surface area is 108 Å². The smallest absolute Gasteiger partial charge is 0.150 e. The Morgan fingerprint density at radius 1 is 1.11 bits per heavy atom. The molecule has 0 fully saturated rings. The summed E-state index contributed by atoms with van der Waals surface area (Å²) >= 11 is 0. The molecule has 0 aliphatic rings. The van der Waals surface area contributed by atoms with Gasteiger partial charge in [0.1, 0.15) is 17.5 Å². The normalized spacial score (nSPS) is 11.1. The van der Waals surface area contributed by atoms with Crippen molar-refractivity contribution in [3.05, 3.63) is 53.9 Å². The molecular weight excluding hydrogens is 248 g/mol. The lowest BCUT2D eigenvalue weighted by Crippen LogP contribution is -2.00. The Morgan fingerprint density at radius 3 is 2.63 bits per heavy atom. The van der Waals surface area contributed by atoms with Gasteiger partial charge in [-0.15, -0.1) is 0 Å². The van der Waals surface area contributed by atoms with Crippen LogP contribution in [0, 0.1) is 18.6 Å². The molecule has 96 valence electrons. The Balaban J connectivity index is 2.33. The molecule has 0 amide bonds. The molecule has 0 unspecified atom stereocenters. The van der Waals surface area contributed by atoms with E-state index in [1.54, 1.807) is 29.7 Å². The second-order valence-corrected chi connectivity index (χ2v) is 4.34. The largest absolute Gasteiger partial charge is 0.399 e. The highest BCUT2D eigenvalue weighted by Crippen LogP contribution is 2.24. The summed E-state index contributed by atoms with van der Waals surface area (Å²) in [6, 6.07) is 8.70. The molecule has 0 saturated heterocycles. The highest BCUT2D eigenvalue weighted by molar-refractivity contribution is 5.81. The lowest BCUT2D eigenvalue weighted by molar-refractivity contribution is 0.577. The number of rotatable bonds is 1. The molecule has 0 bridgehead atoms. The summed E-state index contributed by atoms with van der Waals surface area (Å²) < 4.78 is 28.5. The van der Waals surface area contributed by atoms with Crippen molar-refractivity contribution in [3.63, 3.8) is 0 Å². The van der Waals surface area contributed by atoms with Crippen molar-refractivity contribution < 1.29 is 8.78 Å². The molecule has 2 aromatic carbocycles. The third kappa shape index (κ3) is 1.83. The van der Waals surface area contributed by atoms with E-state index in [1.807, 2.05) is 0 Å².